The maximum atomic E-state index is 13.1. The van der Waals surface area contributed by atoms with Gasteiger partial charge in [0.1, 0.15) is 0 Å². The van der Waals surface area contributed by atoms with Gasteiger partial charge in [0.25, 0.3) is 0 Å². The van der Waals surface area contributed by atoms with Crippen LogP contribution in [0.3, 0.4) is 0 Å². The number of hydrogen-bond acceptors (Lipinski definition) is 2. The Morgan fingerprint density at radius 2 is 1.61 bits per heavy atom. The molecule has 23 heavy (non-hydrogen) atoms. The molecule has 0 saturated carbocycles. The summed E-state index contributed by atoms with van der Waals surface area (Å²) in [4.78, 5) is 1.05. The molecule has 0 bridgehead atoms. The molecule has 3 aromatic rings. The fraction of sp³-hybridized carbons (Fsp3) is 0.118. The third kappa shape index (κ3) is 3.27. The second kappa shape index (κ2) is 6.12. The van der Waals surface area contributed by atoms with Crippen LogP contribution in [0.4, 0.5) is 13.2 Å². The first-order chi connectivity index (χ1) is 11.0. The van der Waals surface area contributed by atoms with Crippen LogP contribution in [0.1, 0.15) is 5.69 Å². The van der Waals surface area contributed by atoms with E-state index in [1.807, 2.05) is 36.6 Å². The Labute approximate surface area is 136 Å². The van der Waals surface area contributed by atoms with E-state index in [9.17, 15) is 13.2 Å². The molecule has 0 saturated heterocycles. The highest BCUT2D eigenvalue weighted by molar-refractivity contribution is 7.98. The van der Waals surface area contributed by atoms with Gasteiger partial charge in [0, 0.05) is 10.5 Å². The monoisotopic (exact) mass is 334 g/mol. The molecule has 0 fully saturated rings. The lowest BCUT2D eigenvalue weighted by molar-refractivity contribution is -0.141. The Balaban J connectivity index is 2.15. The lowest BCUT2D eigenvalue weighted by atomic mass is 10.1. The quantitative estimate of drug-likeness (QED) is 0.607. The van der Waals surface area contributed by atoms with E-state index < -0.39 is 11.9 Å². The van der Waals surface area contributed by atoms with Crippen molar-refractivity contribution in [1.29, 1.82) is 0 Å². The van der Waals surface area contributed by atoms with Gasteiger partial charge in [-0.05, 0) is 36.6 Å². The van der Waals surface area contributed by atoms with E-state index in [2.05, 4.69) is 5.10 Å². The van der Waals surface area contributed by atoms with Crippen molar-refractivity contribution in [2.75, 3.05) is 6.26 Å². The summed E-state index contributed by atoms with van der Waals surface area (Å²) in [6.45, 7) is 0. The highest BCUT2D eigenvalue weighted by Crippen LogP contribution is 2.33. The lowest BCUT2D eigenvalue weighted by Crippen LogP contribution is -2.07. The Morgan fingerprint density at radius 1 is 0.957 bits per heavy atom. The van der Waals surface area contributed by atoms with Gasteiger partial charge in [-0.1, -0.05) is 30.3 Å². The number of para-hydroxylation sites is 1. The molecule has 0 aliphatic carbocycles. The summed E-state index contributed by atoms with van der Waals surface area (Å²) < 4.78 is 40.5. The molecule has 1 heterocycles. The predicted molar refractivity (Wildman–Crippen MR) is 85.8 cm³/mol. The van der Waals surface area contributed by atoms with Crippen molar-refractivity contribution in [3.63, 3.8) is 0 Å². The first kappa shape index (κ1) is 15.7. The van der Waals surface area contributed by atoms with Crippen molar-refractivity contribution in [3.05, 3.63) is 66.4 Å². The lowest BCUT2D eigenvalue weighted by Gasteiger charge is -2.08. The maximum Gasteiger partial charge on any atom is 0.435 e. The molecular formula is C17H13F3N2S. The van der Waals surface area contributed by atoms with Gasteiger partial charge in [0.2, 0.25) is 0 Å². The van der Waals surface area contributed by atoms with Crippen LogP contribution in [0.5, 0.6) is 0 Å². The van der Waals surface area contributed by atoms with Crippen LogP contribution in [-0.2, 0) is 6.18 Å². The van der Waals surface area contributed by atoms with Crippen LogP contribution in [0.2, 0.25) is 0 Å². The van der Waals surface area contributed by atoms with E-state index in [0.29, 0.717) is 16.9 Å². The Hall–Kier alpha value is -2.21. The fourth-order valence-electron chi connectivity index (χ4n) is 2.25. The summed E-state index contributed by atoms with van der Waals surface area (Å²) >= 11 is 1.58. The summed E-state index contributed by atoms with van der Waals surface area (Å²) in [6.07, 6.45) is -2.53. The summed E-state index contributed by atoms with van der Waals surface area (Å²) in [5.74, 6) is 0. The summed E-state index contributed by atoms with van der Waals surface area (Å²) in [5.41, 5.74) is 0.795. The molecule has 0 aliphatic rings. The molecule has 0 aliphatic heterocycles. The SMILES string of the molecule is CSc1ccc(-c2cc(C(F)(F)F)nn2-c2ccccc2)cc1. The number of alkyl halides is 3. The van der Waals surface area contributed by atoms with Crippen LogP contribution in [0.15, 0.2) is 65.6 Å². The second-order valence-corrected chi connectivity index (χ2v) is 5.77. The normalized spacial score (nSPS) is 11.7. The minimum atomic E-state index is -4.48. The number of benzene rings is 2. The zero-order valence-corrected chi connectivity index (χ0v) is 13.0. The molecule has 118 valence electrons. The third-order valence-corrected chi connectivity index (χ3v) is 4.13. The molecule has 0 N–H and O–H groups in total. The molecule has 0 radical (unpaired) electrons. The van der Waals surface area contributed by atoms with Gasteiger partial charge in [0.05, 0.1) is 11.4 Å². The van der Waals surface area contributed by atoms with Gasteiger partial charge in [-0.25, -0.2) is 4.68 Å². The van der Waals surface area contributed by atoms with Gasteiger partial charge in [-0.15, -0.1) is 11.8 Å². The Morgan fingerprint density at radius 3 is 2.17 bits per heavy atom. The first-order valence-corrected chi connectivity index (χ1v) is 8.08. The molecule has 0 unspecified atom stereocenters. The van der Waals surface area contributed by atoms with Gasteiger partial charge in [-0.3, -0.25) is 0 Å². The average Bonchev–Trinajstić information content (AvgIpc) is 3.01. The zero-order valence-electron chi connectivity index (χ0n) is 12.2. The Kier molecular flexibility index (Phi) is 4.17. The van der Waals surface area contributed by atoms with Crippen molar-refractivity contribution >= 4 is 11.8 Å². The van der Waals surface area contributed by atoms with E-state index in [4.69, 9.17) is 0 Å². The van der Waals surface area contributed by atoms with Crippen molar-refractivity contribution in [3.8, 4) is 16.9 Å². The Bertz CT molecular complexity index is 793. The molecular weight excluding hydrogens is 321 g/mol. The summed E-state index contributed by atoms with van der Waals surface area (Å²) in [6, 6.07) is 17.3. The molecule has 2 aromatic carbocycles. The topological polar surface area (TPSA) is 17.8 Å². The van der Waals surface area contributed by atoms with Crippen LogP contribution >= 0.6 is 11.8 Å². The van der Waals surface area contributed by atoms with Crippen LogP contribution < -0.4 is 0 Å². The van der Waals surface area contributed by atoms with Crippen molar-refractivity contribution in [2.24, 2.45) is 0 Å². The second-order valence-electron chi connectivity index (χ2n) is 4.89. The number of rotatable bonds is 3. The summed E-state index contributed by atoms with van der Waals surface area (Å²) in [7, 11) is 0. The van der Waals surface area contributed by atoms with Crippen molar-refractivity contribution in [1.82, 2.24) is 9.78 Å². The molecule has 3 rings (SSSR count). The van der Waals surface area contributed by atoms with Crippen LogP contribution in [0, 0.1) is 0 Å². The van der Waals surface area contributed by atoms with E-state index in [1.165, 1.54) is 4.68 Å². The van der Waals surface area contributed by atoms with E-state index in [-0.39, 0.29) is 0 Å². The smallest absolute Gasteiger partial charge is 0.233 e. The zero-order chi connectivity index (χ0) is 16.4. The maximum absolute atomic E-state index is 13.1. The average molecular weight is 334 g/mol. The molecule has 6 heteroatoms. The molecule has 0 spiro atoms. The minimum Gasteiger partial charge on any atom is -0.233 e. The van der Waals surface area contributed by atoms with E-state index in [0.717, 1.165) is 11.0 Å². The fourth-order valence-corrected chi connectivity index (χ4v) is 2.66. The standard InChI is InChI=1S/C17H13F3N2S/c1-23-14-9-7-12(8-10-14)15-11-16(17(18,19)20)21-22(15)13-5-3-2-4-6-13/h2-11H,1H3. The van der Waals surface area contributed by atoms with Crippen molar-refractivity contribution in [2.45, 2.75) is 11.1 Å². The number of thioether (sulfide) groups is 1. The molecule has 2 nitrogen and oxygen atoms in total. The number of aromatic nitrogens is 2. The van der Waals surface area contributed by atoms with Crippen LogP contribution in [0.25, 0.3) is 16.9 Å². The minimum absolute atomic E-state index is 0.413. The number of nitrogens with zero attached hydrogens (tertiary/aromatic N) is 2. The van der Waals surface area contributed by atoms with Crippen LogP contribution in [-0.4, -0.2) is 16.0 Å². The van der Waals surface area contributed by atoms with Gasteiger partial charge in [-0.2, -0.15) is 18.3 Å². The van der Waals surface area contributed by atoms with Gasteiger partial charge >= 0.3 is 6.18 Å². The van der Waals surface area contributed by atoms with E-state index in [1.54, 1.807) is 36.0 Å². The van der Waals surface area contributed by atoms with E-state index >= 15 is 0 Å². The molecule has 0 atom stereocenters. The summed E-state index contributed by atoms with van der Waals surface area (Å²) in [5, 5.41) is 3.76. The molecule has 1 aromatic heterocycles. The van der Waals surface area contributed by atoms with Crippen molar-refractivity contribution < 1.29 is 13.2 Å². The highest BCUT2D eigenvalue weighted by atomic mass is 32.2. The highest BCUT2D eigenvalue weighted by Gasteiger charge is 2.35. The number of halogens is 3. The predicted octanol–water partition coefficient (Wildman–Crippen LogP) is 5.28. The van der Waals surface area contributed by atoms with Gasteiger partial charge in [0.15, 0.2) is 5.69 Å². The largest absolute Gasteiger partial charge is 0.435 e. The van der Waals surface area contributed by atoms with Gasteiger partial charge < -0.3 is 0 Å². The third-order valence-electron chi connectivity index (χ3n) is 3.39. The number of hydrogen-bond donors (Lipinski definition) is 0. The first-order valence-electron chi connectivity index (χ1n) is 6.86. The molecule has 0 amide bonds.